The summed E-state index contributed by atoms with van der Waals surface area (Å²) in [7, 11) is 1.56. The standard InChI is InChI=1S/C27H32FN3O4/c1-35-22-8-4-6-19(16-22)27(34)31-15-5-7-20(17-31)26(33)30-24-10-3-2-9-23(24)29-25(32)18-11-13-21(28)14-12-18/h4,6,8,11-14,16,20,23-24H,2-3,5,7,9-10,15,17H2,1H3,(H,29,32)(H,30,33)/t20?,23-,24-/m1/s1. The third-order valence-corrected chi connectivity index (χ3v) is 6.91. The Morgan fingerprint density at radius 2 is 1.63 bits per heavy atom. The molecule has 0 bridgehead atoms. The van der Waals surface area contributed by atoms with Crippen molar-refractivity contribution >= 4 is 17.7 Å². The largest absolute Gasteiger partial charge is 0.497 e. The number of ether oxygens (including phenoxy) is 1. The van der Waals surface area contributed by atoms with Gasteiger partial charge < -0.3 is 20.3 Å². The van der Waals surface area contributed by atoms with Crippen molar-refractivity contribution in [3.63, 3.8) is 0 Å². The van der Waals surface area contributed by atoms with E-state index in [1.165, 1.54) is 24.3 Å². The Bertz CT molecular complexity index is 1060. The number of likely N-dealkylation sites (tertiary alicyclic amines) is 1. The fourth-order valence-electron chi connectivity index (χ4n) is 4.94. The summed E-state index contributed by atoms with van der Waals surface area (Å²) < 4.78 is 18.4. The maximum atomic E-state index is 13.2. The molecule has 35 heavy (non-hydrogen) atoms. The van der Waals surface area contributed by atoms with Gasteiger partial charge in [0.15, 0.2) is 0 Å². The zero-order valence-electron chi connectivity index (χ0n) is 20.0. The van der Waals surface area contributed by atoms with Crippen molar-refractivity contribution in [3.8, 4) is 5.75 Å². The van der Waals surface area contributed by atoms with Gasteiger partial charge in [-0.3, -0.25) is 14.4 Å². The summed E-state index contributed by atoms with van der Waals surface area (Å²) in [5.41, 5.74) is 0.933. The Morgan fingerprint density at radius 3 is 2.34 bits per heavy atom. The molecule has 3 atom stereocenters. The van der Waals surface area contributed by atoms with E-state index < -0.39 is 5.82 Å². The summed E-state index contributed by atoms with van der Waals surface area (Å²) in [6.07, 6.45) is 4.95. The van der Waals surface area contributed by atoms with Gasteiger partial charge in [-0.15, -0.1) is 0 Å². The predicted molar refractivity (Wildman–Crippen MR) is 130 cm³/mol. The molecule has 2 N–H and O–H groups in total. The number of benzene rings is 2. The van der Waals surface area contributed by atoms with Gasteiger partial charge in [0.25, 0.3) is 11.8 Å². The summed E-state index contributed by atoms with van der Waals surface area (Å²) in [4.78, 5) is 40.6. The van der Waals surface area contributed by atoms with E-state index in [1.54, 1.807) is 36.3 Å². The summed E-state index contributed by atoms with van der Waals surface area (Å²) in [6, 6.07) is 12.1. The maximum absolute atomic E-state index is 13.2. The number of nitrogens with zero attached hydrogens (tertiary/aromatic N) is 1. The van der Waals surface area contributed by atoms with E-state index in [4.69, 9.17) is 4.74 Å². The molecular weight excluding hydrogens is 449 g/mol. The summed E-state index contributed by atoms with van der Waals surface area (Å²) >= 11 is 0. The van der Waals surface area contributed by atoms with E-state index in [-0.39, 0.29) is 35.7 Å². The molecular formula is C27H32FN3O4. The number of halogens is 1. The molecule has 2 aromatic rings. The van der Waals surface area contributed by atoms with Crippen molar-refractivity contribution < 1.29 is 23.5 Å². The lowest BCUT2D eigenvalue weighted by molar-refractivity contribution is -0.127. The van der Waals surface area contributed by atoms with Crippen molar-refractivity contribution in [2.45, 2.75) is 50.6 Å². The topological polar surface area (TPSA) is 87.7 Å². The van der Waals surface area contributed by atoms with E-state index >= 15 is 0 Å². The molecule has 1 heterocycles. The molecule has 1 saturated heterocycles. The average molecular weight is 482 g/mol. The van der Waals surface area contributed by atoms with E-state index in [9.17, 15) is 18.8 Å². The van der Waals surface area contributed by atoms with E-state index in [0.717, 1.165) is 32.1 Å². The second-order valence-electron chi connectivity index (χ2n) is 9.31. The van der Waals surface area contributed by atoms with Gasteiger partial charge in [0.1, 0.15) is 11.6 Å². The lowest BCUT2D eigenvalue weighted by Crippen LogP contribution is -2.55. The molecule has 2 aliphatic rings. The SMILES string of the molecule is COc1cccc(C(=O)N2CCCC(C(=O)N[C@@H]3CCCC[C@H]3NC(=O)c3ccc(F)cc3)C2)c1. The molecule has 1 unspecified atom stereocenters. The van der Waals surface area contributed by atoms with E-state index in [2.05, 4.69) is 10.6 Å². The second-order valence-corrected chi connectivity index (χ2v) is 9.31. The van der Waals surface area contributed by atoms with Crippen LogP contribution >= 0.6 is 0 Å². The Labute approximate surface area is 205 Å². The number of hydrogen-bond acceptors (Lipinski definition) is 4. The molecule has 0 spiro atoms. The molecule has 7 nitrogen and oxygen atoms in total. The Hall–Kier alpha value is -3.42. The first-order chi connectivity index (χ1) is 16.9. The number of methoxy groups -OCH3 is 1. The number of nitrogens with one attached hydrogen (secondary N) is 2. The van der Waals surface area contributed by atoms with Crippen molar-refractivity contribution in [2.75, 3.05) is 20.2 Å². The van der Waals surface area contributed by atoms with Gasteiger partial charge in [-0.2, -0.15) is 0 Å². The smallest absolute Gasteiger partial charge is 0.254 e. The third kappa shape index (κ3) is 6.18. The number of carbonyl (C=O) groups is 3. The number of carbonyl (C=O) groups excluding carboxylic acids is 3. The normalized spacial score (nSPS) is 22.2. The molecule has 4 rings (SSSR count). The zero-order chi connectivity index (χ0) is 24.8. The Morgan fingerprint density at radius 1 is 0.914 bits per heavy atom. The number of rotatable bonds is 6. The average Bonchev–Trinajstić information content (AvgIpc) is 2.89. The minimum absolute atomic E-state index is 0.0823. The molecule has 0 radical (unpaired) electrons. The molecule has 0 aromatic heterocycles. The van der Waals surface area contributed by atoms with Crippen LogP contribution in [-0.2, 0) is 4.79 Å². The quantitative estimate of drug-likeness (QED) is 0.661. The molecule has 1 saturated carbocycles. The van der Waals surface area contributed by atoms with Gasteiger partial charge in [-0.1, -0.05) is 18.9 Å². The molecule has 2 fully saturated rings. The molecule has 3 amide bonds. The van der Waals surface area contributed by atoms with E-state index in [1.807, 2.05) is 0 Å². The maximum Gasteiger partial charge on any atom is 0.254 e. The fourth-order valence-corrected chi connectivity index (χ4v) is 4.94. The molecule has 1 aliphatic heterocycles. The van der Waals surface area contributed by atoms with Crippen LogP contribution < -0.4 is 15.4 Å². The first-order valence-electron chi connectivity index (χ1n) is 12.2. The van der Waals surface area contributed by atoms with Crippen LogP contribution in [0.25, 0.3) is 0 Å². The molecule has 1 aliphatic carbocycles. The van der Waals surface area contributed by atoms with Gasteiger partial charge in [-0.25, -0.2) is 4.39 Å². The minimum Gasteiger partial charge on any atom is -0.497 e. The molecule has 8 heteroatoms. The Balaban J connectivity index is 1.36. The summed E-state index contributed by atoms with van der Waals surface area (Å²) in [5.74, 6) is -0.536. The Kier molecular flexibility index (Phi) is 8.00. The second kappa shape index (κ2) is 11.3. The van der Waals surface area contributed by atoms with Crippen LogP contribution in [0.5, 0.6) is 5.75 Å². The first kappa shape index (κ1) is 24.7. The van der Waals surface area contributed by atoms with Gasteiger partial charge in [0.2, 0.25) is 5.91 Å². The van der Waals surface area contributed by atoms with Crippen LogP contribution in [-0.4, -0.2) is 54.9 Å². The minimum atomic E-state index is -0.393. The highest BCUT2D eigenvalue weighted by atomic mass is 19.1. The summed E-state index contributed by atoms with van der Waals surface area (Å²) in [6.45, 7) is 0.973. The highest BCUT2D eigenvalue weighted by Crippen LogP contribution is 2.23. The highest BCUT2D eigenvalue weighted by molar-refractivity contribution is 5.95. The molecule has 186 valence electrons. The van der Waals surface area contributed by atoms with Crippen molar-refractivity contribution in [3.05, 3.63) is 65.5 Å². The number of amides is 3. The van der Waals surface area contributed by atoms with Gasteiger partial charge in [0, 0.05) is 36.3 Å². The number of hydrogen-bond donors (Lipinski definition) is 2. The summed E-state index contributed by atoms with van der Waals surface area (Å²) in [5, 5.41) is 6.17. The predicted octanol–water partition coefficient (Wildman–Crippen LogP) is 3.54. The van der Waals surface area contributed by atoms with Gasteiger partial charge in [-0.05, 0) is 68.1 Å². The lowest BCUT2D eigenvalue weighted by atomic mass is 9.88. The van der Waals surface area contributed by atoms with Crippen molar-refractivity contribution in [1.29, 1.82) is 0 Å². The van der Waals surface area contributed by atoms with Crippen LogP contribution in [0.15, 0.2) is 48.5 Å². The lowest BCUT2D eigenvalue weighted by Gasteiger charge is -2.36. The van der Waals surface area contributed by atoms with Crippen LogP contribution in [0.4, 0.5) is 4.39 Å². The molecule has 2 aromatic carbocycles. The van der Waals surface area contributed by atoms with E-state index in [0.29, 0.717) is 36.4 Å². The zero-order valence-corrected chi connectivity index (χ0v) is 20.0. The first-order valence-corrected chi connectivity index (χ1v) is 12.2. The van der Waals surface area contributed by atoms with Crippen LogP contribution in [0.3, 0.4) is 0 Å². The van der Waals surface area contributed by atoms with Crippen LogP contribution in [0, 0.1) is 11.7 Å². The number of piperidine rings is 1. The fraction of sp³-hybridized carbons (Fsp3) is 0.444. The van der Waals surface area contributed by atoms with Crippen molar-refractivity contribution in [2.24, 2.45) is 5.92 Å². The van der Waals surface area contributed by atoms with Gasteiger partial charge >= 0.3 is 0 Å². The monoisotopic (exact) mass is 481 g/mol. The van der Waals surface area contributed by atoms with Crippen molar-refractivity contribution in [1.82, 2.24) is 15.5 Å². The van der Waals surface area contributed by atoms with Crippen LogP contribution in [0.1, 0.15) is 59.2 Å². The highest BCUT2D eigenvalue weighted by Gasteiger charge is 2.33. The van der Waals surface area contributed by atoms with Crippen LogP contribution in [0.2, 0.25) is 0 Å². The third-order valence-electron chi connectivity index (χ3n) is 6.91. The van der Waals surface area contributed by atoms with Gasteiger partial charge in [0.05, 0.1) is 13.0 Å².